The van der Waals surface area contributed by atoms with E-state index in [1.165, 1.54) is 17.6 Å². The average Bonchev–Trinajstić information content (AvgIpc) is 3.32. The van der Waals surface area contributed by atoms with Crippen molar-refractivity contribution in [1.82, 2.24) is 15.6 Å². The lowest BCUT2D eigenvalue weighted by molar-refractivity contribution is -0.120. The number of hydrogen-bond donors (Lipinski definition) is 2. The van der Waals surface area contributed by atoms with Crippen LogP contribution in [0.5, 0.6) is 0 Å². The Morgan fingerprint density at radius 2 is 2.04 bits per heavy atom. The van der Waals surface area contributed by atoms with Crippen LogP contribution in [-0.2, 0) is 11.2 Å². The second-order valence-corrected chi connectivity index (χ2v) is 6.55. The molecule has 0 spiro atoms. The number of nitrogens with zero attached hydrogens (tertiary/aromatic N) is 1. The van der Waals surface area contributed by atoms with Crippen molar-refractivity contribution in [2.24, 2.45) is 0 Å². The molecule has 0 aliphatic rings. The first-order valence-electron chi connectivity index (χ1n) is 7.28. The number of amides is 2. The zero-order valence-corrected chi connectivity index (χ0v) is 14.3. The number of carbonyl (C=O) groups excluding carboxylic acids is 2. The van der Waals surface area contributed by atoms with E-state index in [9.17, 15) is 9.59 Å². The Hall–Kier alpha value is -2.45. The molecule has 0 aromatic carbocycles. The number of thiophene rings is 1. The van der Waals surface area contributed by atoms with E-state index in [1.807, 2.05) is 22.2 Å². The van der Waals surface area contributed by atoms with Crippen molar-refractivity contribution in [3.63, 3.8) is 0 Å². The second-order valence-electron chi connectivity index (χ2n) is 4.92. The number of rotatable bonds is 7. The van der Waals surface area contributed by atoms with Gasteiger partial charge in [-0.05, 0) is 23.6 Å². The fourth-order valence-corrected chi connectivity index (χ4v) is 3.54. The fraction of sp³-hybridized carbons (Fsp3) is 0.188. The summed E-state index contributed by atoms with van der Waals surface area (Å²) in [7, 11) is 0. The van der Waals surface area contributed by atoms with Gasteiger partial charge < -0.3 is 15.1 Å². The van der Waals surface area contributed by atoms with Gasteiger partial charge in [-0.15, -0.1) is 11.3 Å². The highest BCUT2D eigenvalue weighted by Gasteiger charge is 2.10. The Kier molecular flexibility index (Phi) is 5.39. The van der Waals surface area contributed by atoms with Crippen LogP contribution in [0, 0.1) is 0 Å². The predicted molar refractivity (Wildman–Crippen MR) is 93.2 cm³/mol. The molecule has 3 heterocycles. The molecular formula is C16H15N3O3S2. The molecule has 0 atom stereocenters. The maximum atomic E-state index is 11.9. The fourth-order valence-electron chi connectivity index (χ4n) is 2.01. The quantitative estimate of drug-likeness (QED) is 0.634. The van der Waals surface area contributed by atoms with Crippen molar-refractivity contribution >= 4 is 34.5 Å². The molecule has 0 bridgehead atoms. The summed E-state index contributed by atoms with van der Waals surface area (Å²) in [5.74, 6) is -0.164. The van der Waals surface area contributed by atoms with Crippen LogP contribution in [0.15, 0.2) is 45.0 Å². The summed E-state index contributed by atoms with van der Waals surface area (Å²) < 4.78 is 4.98. The lowest BCUT2D eigenvalue weighted by Crippen LogP contribution is -2.35. The largest absolute Gasteiger partial charge is 0.459 e. The standard InChI is InChI=1S/C16H15N3O3S2/c20-14(17-4-5-18-15(21)13-2-1-6-22-13)8-12-10-24-16(19-12)11-3-7-23-9-11/h1-3,6-7,9-10H,4-5,8H2,(H,17,20)(H,18,21). The molecule has 24 heavy (non-hydrogen) atoms. The Morgan fingerprint density at radius 1 is 1.17 bits per heavy atom. The maximum Gasteiger partial charge on any atom is 0.287 e. The van der Waals surface area contributed by atoms with E-state index in [2.05, 4.69) is 15.6 Å². The Balaban J connectivity index is 1.39. The molecule has 124 valence electrons. The minimum Gasteiger partial charge on any atom is -0.459 e. The van der Waals surface area contributed by atoms with Crippen LogP contribution in [0.1, 0.15) is 16.2 Å². The zero-order chi connectivity index (χ0) is 16.8. The van der Waals surface area contributed by atoms with Crippen molar-refractivity contribution in [3.05, 3.63) is 52.1 Å². The molecular weight excluding hydrogens is 346 g/mol. The van der Waals surface area contributed by atoms with Crippen LogP contribution in [-0.4, -0.2) is 29.9 Å². The maximum absolute atomic E-state index is 11.9. The average molecular weight is 361 g/mol. The molecule has 0 aliphatic heterocycles. The van der Waals surface area contributed by atoms with E-state index in [1.54, 1.807) is 23.5 Å². The summed E-state index contributed by atoms with van der Waals surface area (Å²) in [6.45, 7) is 0.690. The van der Waals surface area contributed by atoms with Crippen LogP contribution < -0.4 is 10.6 Å². The normalized spacial score (nSPS) is 10.5. The molecule has 2 N–H and O–H groups in total. The summed E-state index contributed by atoms with van der Waals surface area (Å²) >= 11 is 3.15. The van der Waals surface area contributed by atoms with Gasteiger partial charge in [0.1, 0.15) is 5.01 Å². The molecule has 0 saturated heterocycles. The van der Waals surface area contributed by atoms with Crippen LogP contribution in [0.2, 0.25) is 0 Å². The van der Waals surface area contributed by atoms with Gasteiger partial charge in [-0.25, -0.2) is 4.98 Å². The van der Waals surface area contributed by atoms with Gasteiger partial charge in [0, 0.05) is 29.4 Å². The highest BCUT2D eigenvalue weighted by molar-refractivity contribution is 7.14. The minimum absolute atomic E-state index is 0.121. The molecule has 3 rings (SSSR count). The third-order valence-electron chi connectivity index (χ3n) is 3.14. The first kappa shape index (κ1) is 16.4. The summed E-state index contributed by atoms with van der Waals surface area (Å²) in [5, 5.41) is 12.3. The first-order valence-corrected chi connectivity index (χ1v) is 9.10. The van der Waals surface area contributed by atoms with Gasteiger partial charge in [0.2, 0.25) is 5.91 Å². The molecule has 0 aliphatic carbocycles. The third kappa shape index (κ3) is 4.30. The SMILES string of the molecule is O=C(Cc1csc(-c2ccsc2)n1)NCCNC(=O)c1ccco1. The van der Waals surface area contributed by atoms with E-state index in [0.29, 0.717) is 13.1 Å². The lowest BCUT2D eigenvalue weighted by Gasteiger charge is -2.05. The van der Waals surface area contributed by atoms with Gasteiger partial charge in [0.15, 0.2) is 5.76 Å². The third-order valence-corrected chi connectivity index (χ3v) is 4.76. The van der Waals surface area contributed by atoms with Crippen molar-refractivity contribution in [2.75, 3.05) is 13.1 Å². The molecule has 8 heteroatoms. The molecule has 0 fully saturated rings. The van der Waals surface area contributed by atoms with Gasteiger partial charge in [-0.2, -0.15) is 11.3 Å². The smallest absolute Gasteiger partial charge is 0.287 e. The van der Waals surface area contributed by atoms with Crippen LogP contribution >= 0.6 is 22.7 Å². The number of hydrogen-bond acceptors (Lipinski definition) is 6. The van der Waals surface area contributed by atoms with Crippen molar-refractivity contribution in [2.45, 2.75) is 6.42 Å². The molecule has 3 aromatic rings. The number of nitrogens with one attached hydrogen (secondary N) is 2. The van der Waals surface area contributed by atoms with E-state index in [0.717, 1.165) is 16.3 Å². The van der Waals surface area contributed by atoms with E-state index in [-0.39, 0.29) is 24.0 Å². The lowest BCUT2D eigenvalue weighted by atomic mass is 10.3. The van der Waals surface area contributed by atoms with E-state index in [4.69, 9.17) is 4.42 Å². The van der Waals surface area contributed by atoms with Crippen LogP contribution in [0.4, 0.5) is 0 Å². The van der Waals surface area contributed by atoms with Crippen molar-refractivity contribution in [3.8, 4) is 10.6 Å². The molecule has 0 saturated carbocycles. The minimum atomic E-state index is -0.297. The summed E-state index contributed by atoms with van der Waals surface area (Å²) in [4.78, 5) is 28.0. The highest BCUT2D eigenvalue weighted by Crippen LogP contribution is 2.25. The van der Waals surface area contributed by atoms with Gasteiger partial charge in [0.05, 0.1) is 18.4 Å². The molecule has 3 aromatic heterocycles. The number of furan rings is 1. The Labute approximate surface area is 146 Å². The van der Waals surface area contributed by atoms with Crippen molar-refractivity contribution in [1.29, 1.82) is 0 Å². The molecule has 2 amide bonds. The zero-order valence-electron chi connectivity index (χ0n) is 12.7. The van der Waals surface area contributed by atoms with Crippen molar-refractivity contribution < 1.29 is 14.0 Å². The summed E-state index contributed by atoms with van der Waals surface area (Å²) in [5.41, 5.74) is 1.83. The van der Waals surface area contributed by atoms with Gasteiger partial charge in [0.25, 0.3) is 5.91 Å². The number of carbonyl (C=O) groups is 2. The topological polar surface area (TPSA) is 84.2 Å². The summed E-state index contributed by atoms with van der Waals surface area (Å²) in [6.07, 6.45) is 1.67. The second kappa shape index (κ2) is 7.89. The number of thiazole rings is 1. The van der Waals surface area contributed by atoms with Gasteiger partial charge >= 0.3 is 0 Å². The van der Waals surface area contributed by atoms with E-state index < -0.39 is 0 Å². The summed E-state index contributed by atoms with van der Waals surface area (Å²) in [6, 6.07) is 5.24. The molecule has 0 radical (unpaired) electrons. The highest BCUT2D eigenvalue weighted by atomic mass is 32.1. The van der Waals surface area contributed by atoms with E-state index >= 15 is 0 Å². The molecule has 0 unspecified atom stereocenters. The monoisotopic (exact) mass is 361 g/mol. The predicted octanol–water partition coefficient (Wildman–Crippen LogP) is 2.55. The Morgan fingerprint density at radius 3 is 2.79 bits per heavy atom. The first-order chi connectivity index (χ1) is 11.7. The number of aromatic nitrogens is 1. The van der Waals surface area contributed by atoms with Crippen LogP contribution in [0.25, 0.3) is 10.6 Å². The van der Waals surface area contributed by atoms with Crippen LogP contribution in [0.3, 0.4) is 0 Å². The van der Waals surface area contributed by atoms with Gasteiger partial charge in [-0.3, -0.25) is 9.59 Å². The Bertz CT molecular complexity index is 795. The molecule has 6 nitrogen and oxygen atoms in total. The van der Waals surface area contributed by atoms with Gasteiger partial charge in [-0.1, -0.05) is 0 Å².